The van der Waals surface area contributed by atoms with Gasteiger partial charge in [-0.2, -0.15) is 0 Å². The molecule has 0 aromatic carbocycles. The molecule has 0 spiro atoms. The minimum atomic E-state index is 0.451. The molecule has 14 heavy (non-hydrogen) atoms. The lowest BCUT2D eigenvalue weighted by Crippen LogP contribution is -2.41. The number of morpholine rings is 1. The van der Waals surface area contributed by atoms with Gasteiger partial charge in [0.25, 0.3) is 0 Å². The van der Waals surface area contributed by atoms with Gasteiger partial charge in [-0.25, -0.2) is 0 Å². The third-order valence-electron chi connectivity index (χ3n) is 3.64. The molecule has 1 saturated heterocycles. The summed E-state index contributed by atoms with van der Waals surface area (Å²) in [7, 11) is 0. The number of ether oxygens (including phenoxy) is 1. The van der Waals surface area contributed by atoms with E-state index in [-0.39, 0.29) is 0 Å². The summed E-state index contributed by atoms with van der Waals surface area (Å²) in [6, 6.07) is 0.451. The lowest BCUT2D eigenvalue weighted by atomic mass is 9.79. The lowest BCUT2D eigenvalue weighted by molar-refractivity contribution is 0.0351. The van der Waals surface area contributed by atoms with Crippen LogP contribution in [-0.2, 0) is 4.74 Å². The van der Waals surface area contributed by atoms with Crippen LogP contribution in [0.2, 0.25) is 0 Å². The van der Waals surface area contributed by atoms with E-state index in [1.165, 1.54) is 32.2 Å². The van der Waals surface area contributed by atoms with Crippen LogP contribution in [0.1, 0.15) is 25.7 Å². The lowest BCUT2D eigenvalue weighted by Gasteiger charge is -2.33. The van der Waals surface area contributed by atoms with Gasteiger partial charge in [-0.3, -0.25) is 4.90 Å². The normalized spacial score (nSPS) is 27.2. The molecule has 0 amide bonds. The summed E-state index contributed by atoms with van der Waals surface area (Å²) in [6.07, 6.45) is 5.30. The monoisotopic (exact) mass is 198 g/mol. The zero-order valence-corrected chi connectivity index (χ0v) is 8.95. The maximum Gasteiger partial charge on any atom is 0.0594 e. The molecule has 2 N–H and O–H groups in total. The van der Waals surface area contributed by atoms with Gasteiger partial charge in [0.05, 0.1) is 13.2 Å². The average molecular weight is 198 g/mol. The Morgan fingerprint density at radius 1 is 1.29 bits per heavy atom. The number of nitrogens with two attached hydrogens (primary N) is 1. The second kappa shape index (κ2) is 5.10. The molecule has 1 aliphatic heterocycles. The fourth-order valence-corrected chi connectivity index (χ4v) is 2.26. The van der Waals surface area contributed by atoms with E-state index in [4.69, 9.17) is 10.5 Å². The molecule has 2 aliphatic rings. The third kappa shape index (κ3) is 2.69. The van der Waals surface area contributed by atoms with Crippen LogP contribution < -0.4 is 5.73 Å². The van der Waals surface area contributed by atoms with Crippen LogP contribution in [-0.4, -0.2) is 43.8 Å². The molecule has 3 nitrogen and oxygen atoms in total. The quantitative estimate of drug-likeness (QED) is 0.727. The maximum atomic E-state index is 6.14. The molecule has 1 aliphatic carbocycles. The predicted octanol–water partition coefficient (Wildman–Crippen LogP) is 0.836. The van der Waals surface area contributed by atoms with E-state index >= 15 is 0 Å². The number of nitrogens with zero attached hydrogens (tertiary/aromatic N) is 1. The van der Waals surface area contributed by atoms with Crippen molar-refractivity contribution in [3.63, 3.8) is 0 Å². The predicted molar refractivity (Wildman–Crippen MR) is 57.2 cm³/mol. The minimum absolute atomic E-state index is 0.451. The molecule has 1 unspecified atom stereocenters. The zero-order chi connectivity index (χ0) is 9.80. The Balaban J connectivity index is 1.60. The Kier molecular flexibility index (Phi) is 3.79. The molecule has 1 atom stereocenters. The van der Waals surface area contributed by atoms with Crippen molar-refractivity contribution in [3.05, 3.63) is 0 Å². The fraction of sp³-hybridized carbons (Fsp3) is 1.00. The van der Waals surface area contributed by atoms with Gasteiger partial charge in [0.15, 0.2) is 0 Å². The summed E-state index contributed by atoms with van der Waals surface area (Å²) in [5.74, 6) is 0.830. The molecular weight excluding hydrogens is 176 g/mol. The molecule has 1 saturated carbocycles. The number of rotatable bonds is 4. The van der Waals surface area contributed by atoms with Crippen molar-refractivity contribution in [2.75, 3.05) is 32.8 Å². The van der Waals surface area contributed by atoms with Crippen LogP contribution in [0.15, 0.2) is 0 Å². The third-order valence-corrected chi connectivity index (χ3v) is 3.64. The molecule has 0 aromatic heterocycles. The Morgan fingerprint density at radius 3 is 2.57 bits per heavy atom. The number of hydrogen-bond acceptors (Lipinski definition) is 3. The first kappa shape index (κ1) is 10.4. The fourth-order valence-electron chi connectivity index (χ4n) is 2.26. The van der Waals surface area contributed by atoms with Crippen LogP contribution in [0.4, 0.5) is 0 Å². The number of hydrogen-bond donors (Lipinski definition) is 1. The standard InChI is InChI=1S/C11H22N2O/c12-11(10-2-1-3-10)4-5-13-6-8-14-9-7-13/h10-11H,1-9,12H2. The van der Waals surface area contributed by atoms with Gasteiger partial charge in [-0.15, -0.1) is 0 Å². The Labute approximate surface area is 86.6 Å². The molecule has 0 aromatic rings. The Hall–Kier alpha value is -0.120. The van der Waals surface area contributed by atoms with Crippen molar-refractivity contribution in [3.8, 4) is 0 Å². The van der Waals surface area contributed by atoms with Gasteiger partial charge < -0.3 is 10.5 Å². The van der Waals surface area contributed by atoms with Gasteiger partial charge in [0.1, 0.15) is 0 Å². The Bertz CT molecular complexity index is 163. The minimum Gasteiger partial charge on any atom is -0.379 e. The first-order chi connectivity index (χ1) is 6.86. The summed E-state index contributed by atoms with van der Waals surface area (Å²) in [6.45, 7) is 5.16. The summed E-state index contributed by atoms with van der Waals surface area (Å²) >= 11 is 0. The molecule has 2 fully saturated rings. The maximum absolute atomic E-state index is 6.14. The highest BCUT2D eigenvalue weighted by Crippen LogP contribution is 2.29. The van der Waals surface area contributed by atoms with Crippen LogP contribution in [0, 0.1) is 5.92 Å². The van der Waals surface area contributed by atoms with Crippen LogP contribution in [0.5, 0.6) is 0 Å². The SMILES string of the molecule is NC(CCN1CCOCC1)C1CCC1. The molecule has 0 radical (unpaired) electrons. The first-order valence-electron chi connectivity index (χ1n) is 5.92. The summed E-state index contributed by atoms with van der Waals surface area (Å²) in [4.78, 5) is 2.47. The highest BCUT2D eigenvalue weighted by atomic mass is 16.5. The van der Waals surface area contributed by atoms with E-state index in [0.717, 1.165) is 32.2 Å². The van der Waals surface area contributed by atoms with Gasteiger partial charge in [0, 0.05) is 19.1 Å². The molecule has 0 bridgehead atoms. The van der Waals surface area contributed by atoms with Crippen LogP contribution in [0.3, 0.4) is 0 Å². The van der Waals surface area contributed by atoms with Crippen LogP contribution in [0.25, 0.3) is 0 Å². The summed E-state index contributed by atoms with van der Waals surface area (Å²) < 4.78 is 5.31. The summed E-state index contributed by atoms with van der Waals surface area (Å²) in [5.41, 5.74) is 6.14. The zero-order valence-electron chi connectivity index (χ0n) is 8.95. The highest BCUT2D eigenvalue weighted by molar-refractivity contribution is 4.81. The highest BCUT2D eigenvalue weighted by Gasteiger charge is 2.24. The van der Waals surface area contributed by atoms with Crippen LogP contribution >= 0.6 is 0 Å². The largest absolute Gasteiger partial charge is 0.379 e. The second-order valence-electron chi connectivity index (χ2n) is 4.60. The van der Waals surface area contributed by atoms with E-state index in [0.29, 0.717) is 6.04 Å². The molecule has 2 rings (SSSR count). The van der Waals surface area contributed by atoms with Gasteiger partial charge in [-0.1, -0.05) is 6.42 Å². The van der Waals surface area contributed by atoms with Crippen molar-refractivity contribution in [2.45, 2.75) is 31.7 Å². The smallest absolute Gasteiger partial charge is 0.0594 e. The summed E-state index contributed by atoms with van der Waals surface area (Å²) in [5, 5.41) is 0. The van der Waals surface area contributed by atoms with E-state index < -0.39 is 0 Å². The van der Waals surface area contributed by atoms with E-state index in [1.54, 1.807) is 0 Å². The van der Waals surface area contributed by atoms with E-state index in [9.17, 15) is 0 Å². The van der Waals surface area contributed by atoms with Crippen molar-refractivity contribution in [1.82, 2.24) is 4.90 Å². The molecule has 3 heteroatoms. The average Bonchev–Trinajstić information content (AvgIpc) is 2.14. The van der Waals surface area contributed by atoms with Gasteiger partial charge in [0.2, 0.25) is 0 Å². The van der Waals surface area contributed by atoms with E-state index in [2.05, 4.69) is 4.90 Å². The topological polar surface area (TPSA) is 38.5 Å². The van der Waals surface area contributed by atoms with Crippen molar-refractivity contribution < 1.29 is 4.74 Å². The Morgan fingerprint density at radius 2 is 2.00 bits per heavy atom. The van der Waals surface area contributed by atoms with Crippen molar-refractivity contribution in [2.24, 2.45) is 11.7 Å². The second-order valence-corrected chi connectivity index (χ2v) is 4.60. The van der Waals surface area contributed by atoms with Gasteiger partial charge >= 0.3 is 0 Å². The van der Waals surface area contributed by atoms with Crippen molar-refractivity contribution >= 4 is 0 Å². The van der Waals surface area contributed by atoms with E-state index in [1.807, 2.05) is 0 Å². The molecular formula is C11H22N2O. The van der Waals surface area contributed by atoms with Gasteiger partial charge in [-0.05, 0) is 31.7 Å². The first-order valence-corrected chi connectivity index (χ1v) is 5.92. The molecule has 1 heterocycles. The van der Waals surface area contributed by atoms with Crippen molar-refractivity contribution in [1.29, 1.82) is 0 Å². The molecule has 82 valence electrons.